The zero-order valence-corrected chi connectivity index (χ0v) is 20.8. The first-order valence-electron chi connectivity index (χ1n) is 11.5. The average Bonchev–Trinajstić information content (AvgIpc) is 3.48. The number of benzene rings is 2. The molecule has 3 heterocycles. The van der Waals surface area contributed by atoms with E-state index in [0.717, 1.165) is 39.6 Å². The molecule has 0 aliphatic carbocycles. The first kappa shape index (κ1) is 24.4. The summed E-state index contributed by atoms with van der Waals surface area (Å²) < 4.78 is 5.84. The van der Waals surface area contributed by atoms with Gasteiger partial charge in [0, 0.05) is 53.4 Å². The Hall–Kier alpha value is -3.73. The number of aromatic amines is 1. The van der Waals surface area contributed by atoms with Crippen molar-refractivity contribution in [2.24, 2.45) is 24.6 Å². The van der Waals surface area contributed by atoms with E-state index in [9.17, 15) is 10.1 Å². The quantitative estimate of drug-likeness (QED) is 0.359. The van der Waals surface area contributed by atoms with E-state index in [1.807, 2.05) is 60.3 Å². The summed E-state index contributed by atoms with van der Waals surface area (Å²) in [5.41, 5.74) is 10.2. The van der Waals surface area contributed by atoms with Gasteiger partial charge in [-0.3, -0.25) is 9.55 Å². The number of nitriles is 1. The van der Waals surface area contributed by atoms with Crippen LogP contribution in [0.5, 0.6) is 0 Å². The number of hydrogen-bond donors (Lipinski definition) is 2. The molecule has 3 aromatic heterocycles. The molecule has 5 rings (SSSR count). The van der Waals surface area contributed by atoms with E-state index in [0.29, 0.717) is 24.1 Å². The lowest BCUT2D eigenvalue weighted by atomic mass is 9.96. The van der Waals surface area contributed by atoms with Crippen LogP contribution >= 0.6 is 12.4 Å². The number of fused-ring (bicyclic) bond motifs is 2. The minimum absolute atomic E-state index is 0. The zero-order chi connectivity index (χ0) is 24.0. The SMILES string of the molecule is CC(C)C(CN)Cn1cc(-c2c(C#N)[nH]c(=O)n2-c2cn(C)c3ccccc23)c2ccccc21.Cl. The molecule has 0 fully saturated rings. The largest absolute Gasteiger partial charge is 0.348 e. The van der Waals surface area contributed by atoms with Crippen molar-refractivity contribution in [2.75, 3.05) is 6.54 Å². The molecule has 0 bridgehead atoms. The van der Waals surface area contributed by atoms with Crippen molar-refractivity contribution >= 4 is 34.2 Å². The fourth-order valence-corrected chi connectivity index (χ4v) is 4.90. The van der Waals surface area contributed by atoms with Gasteiger partial charge in [0.15, 0.2) is 0 Å². The van der Waals surface area contributed by atoms with Crippen molar-refractivity contribution in [1.82, 2.24) is 18.7 Å². The van der Waals surface area contributed by atoms with Gasteiger partial charge in [0.2, 0.25) is 0 Å². The fourth-order valence-electron chi connectivity index (χ4n) is 4.90. The monoisotopic (exact) mass is 488 g/mol. The van der Waals surface area contributed by atoms with E-state index >= 15 is 0 Å². The number of imidazole rings is 1. The lowest BCUT2D eigenvalue weighted by molar-refractivity contribution is 0.348. The van der Waals surface area contributed by atoms with Gasteiger partial charge in [0.25, 0.3) is 0 Å². The summed E-state index contributed by atoms with van der Waals surface area (Å²) in [5, 5.41) is 11.9. The lowest BCUT2D eigenvalue weighted by Gasteiger charge is -2.20. The first-order valence-corrected chi connectivity index (χ1v) is 11.5. The molecule has 3 N–H and O–H groups in total. The van der Waals surface area contributed by atoms with Crippen LogP contribution in [0.15, 0.2) is 65.7 Å². The third kappa shape index (κ3) is 3.95. The second-order valence-electron chi connectivity index (χ2n) is 9.20. The second kappa shape index (κ2) is 9.49. The Morgan fingerprint density at radius 2 is 1.69 bits per heavy atom. The molecule has 2 aromatic carbocycles. The van der Waals surface area contributed by atoms with E-state index in [4.69, 9.17) is 5.73 Å². The Kier molecular flexibility index (Phi) is 6.62. The molecule has 0 saturated heterocycles. The number of hydrogen-bond acceptors (Lipinski definition) is 3. The number of halogens is 1. The third-order valence-corrected chi connectivity index (χ3v) is 6.84. The summed E-state index contributed by atoms with van der Waals surface area (Å²) in [4.78, 5) is 16.0. The number of nitrogens with two attached hydrogens (primary N) is 1. The van der Waals surface area contributed by atoms with Gasteiger partial charge in [-0.15, -0.1) is 12.4 Å². The van der Waals surface area contributed by atoms with Crippen LogP contribution in [0.3, 0.4) is 0 Å². The van der Waals surface area contributed by atoms with Gasteiger partial charge in [-0.1, -0.05) is 50.2 Å². The van der Waals surface area contributed by atoms with Gasteiger partial charge in [-0.05, 0) is 30.5 Å². The van der Waals surface area contributed by atoms with Crippen LogP contribution in [0.4, 0.5) is 0 Å². The number of para-hydroxylation sites is 2. The number of aryl methyl sites for hydroxylation is 1. The standard InChI is InChI=1S/C27H28N6O.ClH/c1-17(2)18(12-28)14-32-15-21(19-8-4-7-11-24(19)32)26-22(13-29)30-27(34)33(26)25-16-31(3)23-10-6-5-9-20(23)25;/h4-11,15-18H,12,14,28H2,1-3H3,(H,30,34);1H. The van der Waals surface area contributed by atoms with Crippen LogP contribution in [0.2, 0.25) is 0 Å². The molecule has 1 unspecified atom stereocenters. The highest BCUT2D eigenvalue weighted by atomic mass is 35.5. The van der Waals surface area contributed by atoms with Crippen LogP contribution in [-0.2, 0) is 13.6 Å². The fraction of sp³-hybridized carbons (Fsp3) is 0.259. The molecule has 0 saturated carbocycles. The van der Waals surface area contributed by atoms with E-state index in [2.05, 4.69) is 41.7 Å². The Morgan fingerprint density at radius 3 is 2.34 bits per heavy atom. The molecular weight excluding hydrogens is 460 g/mol. The van der Waals surface area contributed by atoms with Crippen molar-refractivity contribution in [2.45, 2.75) is 20.4 Å². The highest BCUT2D eigenvalue weighted by Crippen LogP contribution is 2.35. The minimum Gasteiger partial charge on any atom is -0.348 e. The molecule has 1 atom stereocenters. The summed E-state index contributed by atoms with van der Waals surface area (Å²) in [7, 11) is 1.96. The predicted octanol–water partition coefficient (Wildman–Crippen LogP) is 4.80. The summed E-state index contributed by atoms with van der Waals surface area (Å²) in [6, 6.07) is 18.3. The highest BCUT2D eigenvalue weighted by molar-refractivity contribution is 5.98. The molecule has 180 valence electrons. The van der Waals surface area contributed by atoms with Crippen LogP contribution < -0.4 is 11.4 Å². The maximum Gasteiger partial charge on any atom is 0.331 e. The molecule has 8 heteroatoms. The van der Waals surface area contributed by atoms with E-state index < -0.39 is 0 Å². The van der Waals surface area contributed by atoms with Gasteiger partial charge >= 0.3 is 5.69 Å². The summed E-state index contributed by atoms with van der Waals surface area (Å²) in [5.74, 6) is 0.746. The summed E-state index contributed by atoms with van der Waals surface area (Å²) in [6.07, 6.45) is 3.99. The van der Waals surface area contributed by atoms with Crippen LogP contribution in [0.1, 0.15) is 19.5 Å². The Labute approximate surface area is 209 Å². The van der Waals surface area contributed by atoms with Gasteiger partial charge in [0.1, 0.15) is 11.8 Å². The maximum absolute atomic E-state index is 13.2. The summed E-state index contributed by atoms with van der Waals surface area (Å²) in [6.45, 7) is 5.72. The topological polar surface area (TPSA) is 97.5 Å². The number of rotatable bonds is 6. The van der Waals surface area contributed by atoms with E-state index in [1.165, 1.54) is 0 Å². The number of nitrogens with one attached hydrogen (secondary N) is 1. The smallest absolute Gasteiger partial charge is 0.331 e. The molecule has 0 spiro atoms. The van der Waals surface area contributed by atoms with Crippen molar-refractivity contribution in [3.05, 3.63) is 77.1 Å². The molecule has 0 radical (unpaired) electrons. The van der Waals surface area contributed by atoms with Crippen LogP contribution in [-0.4, -0.2) is 25.2 Å². The average molecular weight is 489 g/mol. The molecular formula is C27H29ClN6O. The Morgan fingerprint density at radius 1 is 1.03 bits per heavy atom. The van der Waals surface area contributed by atoms with Gasteiger partial charge in [0.05, 0.1) is 11.4 Å². The van der Waals surface area contributed by atoms with Crippen molar-refractivity contribution in [3.8, 4) is 23.0 Å². The molecule has 0 amide bonds. The van der Waals surface area contributed by atoms with E-state index in [-0.39, 0.29) is 23.8 Å². The molecule has 0 aliphatic rings. The maximum atomic E-state index is 13.2. The Bertz CT molecular complexity index is 1610. The Balaban J connectivity index is 0.00000289. The predicted molar refractivity (Wildman–Crippen MR) is 143 cm³/mol. The highest BCUT2D eigenvalue weighted by Gasteiger charge is 2.24. The van der Waals surface area contributed by atoms with Crippen LogP contribution in [0, 0.1) is 23.2 Å². The lowest BCUT2D eigenvalue weighted by Crippen LogP contribution is -2.24. The van der Waals surface area contributed by atoms with Gasteiger partial charge < -0.3 is 14.9 Å². The van der Waals surface area contributed by atoms with Crippen LogP contribution in [0.25, 0.3) is 38.8 Å². The molecule has 35 heavy (non-hydrogen) atoms. The number of aromatic nitrogens is 4. The first-order chi connectivity index (χ1) is 16.4. The second-order valence-corrected chi connectivity index (χ2v) is 9.20. The normalized spacial score (nSPS) is 12.2. The van der Waals surface area contributed by atoms with Gasteiger partial charge in [-0.25, -0.2) is 4.79 Å². The van der Waals surface area contributed by atoms with Crippen molar-refractivity contribution < 1.29 is 0 Å². The zero-order valence-electron chi connectivity index (χ0n) is 20.0. The number of nitrogens with zero attached hydrogens (tertiary/aromatic N) is 4. The van der Waals surface area contributed by atoms with Gasteiger partial charge in [-0.2, -0.15) is 5.26 Å². The number of H-pyrrole nitrogens is 1. The molecule has 7 nitrogen and oxygen atoms in total. The van der Waals surface area contributed by atoms with Crippen molar-refractivity contribution in [1.29, 1.82) is 5.26 Å². The third-order valence-electron chi connectivity index (χ3n) is 6.84. The minimum atomic E-state index is -0.332. The molecule has 5 aromatic rings. The summed E-state index contributed by atoms with van der Waals surface area (Å²) >= 11 is 0. The van der Waals surface area contributed by atoms with Crippen molar-refractivity contribution in [3.63, 3.8) is 0 Å². The van der Waals surface area contributed by atoms with E-state index in [1.54, 1.807) is 4.57 Å². The molecule has 0 aliphatic heterocycles.